The van der Waals surface area contributed by atoms with E-state index < -0.39 is 11.9 Å². The summed E-state index contributed by atoms with van der Waals surface area (Å²) in [5, 5.41) is 8.55. The van der Waals surface area contributed by atoms with E-state index in [1.165, 1.54) is 13.4 Å². The van der Waals surface area contributed by atoms with Crippen molar-refractivity contribution in [1.82, 2.24) is 9.88 Å². The minimum absolute atomic E-state index is 0.210. The van der Waals surface area contributed by atoms with Gasteiger partial charge < -0.3 is 14.4 Å². The van der Waals surface area contributed by atoms with Crippen LogP contribution in [0.25, 0.3) is 11.1 Å². The second-order valence-electron chi connectivity index (χ2n) is 3.62. The van der Waals surface area contributed by atoms with Gasteiger partial charge >= 0.3 is 11.9 Å². The Kier molecular flexibility index (Phi) is 2.78. The van der Waals surface area contributed by atoms with Crippen molar-refractivity contribution < 1.29 is 19.1 Å². The number of rotatable bonds is 2. The monoisotopic (exact) mass is 234 g/mol. The molecule has 0 fully saturated rings. The molecule has 0 aliphatic carbocycles. The van der Waals surface area contributed by atoms with Crippen LogP contribution in [-0.2, 0) is 16.1 Å². The molecule has 1 aromatic carbocycles. The van der Waals surface area contributed by atoms with Crippen molar-refractivity contribution in [2.24, 2.45) is 0 Å². The molecule has 0 aliphatic rings. The van der Waals surface area contributed by atoms with Crippen molar-refractivity contribution >= 4 is 23.0 Å². The number of carboxylic acids is 1. The molecule has 1 N–H and O–H groups in total. The number of hydrogen-bond donors (Lipinski definition) is 1. The zero-order chi connectivity index (χ0) is 12.4. The van der Waals surface area contributed by atoms with Gasteiger partial charge in [0.05, 0.1) is 0 Å². The number of oxazole rings is 1. The molecule has 0 atom stereocenters. The number of amides is 1. The molecule has 0 bridgehead atoms. The zero-order valence-corrected chi connectivity index (χ0v) is 9.08. The lowest BCUT2D eigenvalue weighted by molar-refractivity contribution is -0.155. The van der Waals surface area contributed by atoms with Crippen molar-refractivity contribution in [3.05, 3.63) is 30.2 Å². The normalized spacial score (nSPS) is 10.4. The molecule has 0 saturated heterocycles. The smallest absolute Gasteiger partial charge is 0.394 e. The van der Waals surface area contributed by atoms with Crippen LogP contribution < -0.4 is 0 Å². The Morgan fingerprint density at radius 3 is 2.94 bits per heavy atom. The number of aromatic nitrogens is 1. The second kappa shape index (κ2) is 4.25. The Balaban J connectivity index is 2.17. The summed E-state index contributed by atoms with van der Waals surface area (Å²) in [5.74, 6) is -2.41. The van der Waals surface area contributed by atoms with Crippen LogP contribution >= 0.6 is 0 Å². The number of aliphatic carboxylic acids is 1. The van der Waals surface area contributed by atoms with E-state index in [1.807, 2.05) is 0 Å². The molecule has 1 amide bonds. The average molecular weight is 234 g/mol. The second-order valence-corrected chi connectivity index (χ2v) is 3.62. The van der Waals surface area contributed by atoms with Crippen LogP contribution in [0.1, 0.15) is 5.56 Å². The largest absolute Gasteiger partial charge is 0.474 e. The fourth-order valence-electron chi connectivity index (χ4n) is 1.51. The third-order valence-corrected chi connectivity index (χ3v) is 2.35. The van der Waals surface area contributed by atoms with Crippen LogP contribution in [0, 0.1) is 0 Å². The van der Waals surface area contributed by atoms with Gasteiger partial charge in [0.1, 0.15) is 5.52 Å². The van der Waals surface area contributed by atoms with E-state index in [4.69, 9.17) is 9.52 Å². The maximum absolute atomic E-state index is 11.2. The third kappa shape index (κ3) is 2.25. The lowest BCUT2D eigenvalue weighted by atomic mass is 10.2. The standard InChI is InChI=1S/C11H10N2O4/c1-13(10(14)11(15)16)5-7-2-3-8-9(4-7)17-6-12-8/h2-4,6H,5H2,1H3,(H,15,16). The summed E-state index contributed by atoms with van der Waals surface area (Å²) in [6, 6.07) is 5.26. The van der Waals surface area contributed by atoms with Gasteiger partial charge in [0.25, 0.3) is 0 Å². The van der Waals surface area contributed by atoms with Crippen molar-refractivity contribution in [3.63, 3.8) is 0 Å². The van der Waals surface area contributed by atoms with Crippen molar-refractivity contribution in [2.75, 3.05) is 7.05 Å². The van der Waals surface area contributed by atoms with Crippen LogP contribution in [0.4, 0.5) is 0 Å². The molecule has 17 heavy (non-hydrogen) atoms. The number of nitrogens with zero attached hydrogens (tertiary/aromatic N) is 2. The lowest BCUT2D eigenvalue weighted by Crippen LogP contribution is -2.32. The van der Waals surface area contributed by atoms with Crippen LogP contribution in [0.15, 0.2) is 29.0 Å². The predicted octanol–water partition coefficient (Wildman–Crippen LogP) is 0.871. The summed E-state index contributed by atoms with van der Waals surface area (Å²) in [6.45, 7) is 0.210. The number of hydrogen-bond acceptors (Lipinski definition) is 4. The van der Waals surface area contributed by atoms with Gasteiger partial charge in [0.15, 0.2) is 12.0 Å². The number of carbonyl (C=O) groups is 2. The van der Waals surface area contributed by atoms with Crippen LogP contribution in [0.3, 0.4) is 0 Å². The Morgan fingerprint density at radius 2 is 2.24 bits per heavy atom. The van der Waals surface area contributed by atoms with Gasteiger partial charge in [-0.1, -0.05) is 6.07 Å². The molecule has 2 aromatic rings. The SMILES string of the molecule is CN(Cc1ccc2ncoc2c1)C(=O)C(=O)O. The molecule has 0 radical (unpaired) electrons. The first-order valence-electron chi connectivity index (χ1n) is 4.88. The van der Waals surface area contributed by atoms with Gasteiger partial charge in [-0.05, 0) is 17.7 Å². The molecule has 1 aromatic heterocycles. The van der Waals surface area contributed by atoms with E-state index in [0.717, 1.165) is 16.0 Å². The molecule has 6 heteroatoms. The third-order valence-electron chi connectivity index (χ3n) is 2.35. The predicted molar refractivity (Wildman–Crippen MR) is 58.1 cm³/mol. The number of carboxylic acid groups (broad SMARTS) is 1. The number of likely N-dealkylation sites (N-methyl/N-ethyl adjacent to an activating group) is 1. The Hall–Kier alpha value is -2.37. The fraction of sp³-hybridized carbons (Fsp3) is 0.182. The van der Waals surface area contributed by atoms with Crippen LogP contribution in [-0.4, -0.2) is 33.9 Å². The highest BCUT2D eigenvalue weighted by molar-refractivity contribution is 6.31. The van der Waals surface area contributed by atoms with E-state index in [-0.39, 0.29) is 6.54 Å². The Labute approximate surface area is 96.5 Å². The summed E-state index contributed by atoms with van der Waals surface area (Å²) in [5.41, 5.74) is 2.12. The van der Waals surface area contributed by atoms with Crippen molar-refractivity contribution in [2.45, 2.75) is 6.54 Å². The number of carbonyl (C=O) groups excluding carboxylic acids is 1. The summed E-state index contributed by atoms with van der Waals surface area (Å²) < 4.78 is 5.12. The van der Waals surface area contributed by atoms with Gasteiger partial charge in [-0.25, -0.2) is 9.78 Å². The quantitative estimate of drug-likeness (QED) is 0.779. The molecule has 88 valence electrons. The molecular weight excluding hydrogens is 224 g/mol. The molecular formula is C11H10N2O4. The first-order valence-corrected chi connectivity index (χ1v) is 4.88. The number of fused-ring (bicyclic) bond motifs is 1. The average Bonchev–Trinajstić information content (AvgIpc) is 2.74. The first kappa shape index (κ1) is 11.1. The van der Waals surface area contributed by atoms with E-state index >= 15 is 0 Å². The minimum atomic E-state index is -1.46. The number of benzene rings is 1. The maximum atomic E-state index is 11.2. The minimum Gasteiger partial charge on any atom is -0.474 e. The van der Waals surface area contributed by atoms with Crippen molar-refractivity contribution in [1.29, 1.82) is 0 Å². The molecule has 0 saturated carbocycles. The Bertz CT molecular complexity index is 576. The molecule has 0 spiro atoms. The maximum Gasteiger partial charge on any atom is 0.394 e. The Morgan fingerprint density at radius 1 is 1.47 bits per heavy atom. The summed E-state index contributed by atoms with van der Waals surface area (Å²) in [7, 11) is 1.43. The molecule has 1 heterocycles. The molecule has 6 nitrogen and oxygen atoms in total. The molecule has 0 aliphatic heterocycles. The first-order chi connectivity index (χ1) is 8.08. The van der Waals surface area contributed by atoms with E-state index in [1.54, 1.807) is 18.2 Å². The van der Waals surface area contributed by atoms with Gasteiger partial charge in [-0.3, -0.25) is 4.79 Å². The van der Waals surface area contributed by atoms with Gasteiger partial charge in [0, 0.05) is 13.6 Å². The molecule has 0 unspecified atom stereocenters. The summed E-state index contributed by atoms with van der Waals surface area (Å²) in [6.07, 6.45) is 1.33. The fourth-order valence-corrected chi connectivity index (χ4v) is 1.51. The van der Waals surface area contributed by atoms with Gasteiger partial charge in [-0.2, -0.15) is 0 Å². The topological polar surface area (TPSA) is 83.6 Å². The van der Waals surface area contributed by atoms with E-state index in [0.29, 0.717) is 5.58 Å². The van der Waals surface area contributed by atoms with Gasteiger partial charge in [-0.15, -0.1) is 0 Å². The summed E-state index contributed by atoms with van der Waals surface area (Å²) >= 11 is 0. The van der Waals surface area contributed by atoms with E-state index in [9.17, 15) is 9.59 Å². The highest BCUT2D eigenvalue weighted by atomic mass is 16.4. The zero-order valence-electron chi connectivity index (χ0n) is 9.08. The highest BCUT2D eigenvalue weighted by Gasteiger charge is 2.17. The van der Waals surface area contributed by atoms with E-state index in [2.05, 4.69) is 4.98 Å². The summed E-state index contributed by atoms with van der Waals surface area (Å²) in [4.78, 5) is 26.7. The lowest BCUT2D eigenvalue weighted by Gasteiger charge is -2.14. The van der Waals surface area contributed by atoms with Crippen LogP contribution in [0.2, 0.25) is 0 Å². The molecule has 2 rings (SSSR count). The van der Waals surface area contributed by atoms with Gasteiger partial charge in [0.2, 0.25) is 0 Å². The van der Waals surface area contributed by atoms with Crippen molar-refractivity contribution in [3.8, 4) is 0 Å². The van der Waals surface area contributed by atoms with Crippen LogP contribution in [0.5, 0.6) is 0 Å². The highest BCUT2D eigenvalue weighted by Crippen LogP contribution is 2.15.